The molecule has 0 aliphatic carbocycles. The summed E-state index contributed by atoms with van der Waals surface area (Å²) >= 11 is 0. The number of methoxy groups -OCH3 is 1. The van der Waals surface area contributed by atoms with Crippen molar-refractivity contribution in [1.82, 2.24) is 0 Å². The zero-order valence-corrected chi connectivity index (χ0v) is 24.9. The van der Waals surface area contributed by atoms with E-state index >= 15 is 0 Å². The molecule has 0 aliphatic heterocycles. The molecule has 5 unspecified atom stereocenters. The van der Waals surface area contributed by atoms with Crippen LogP contribution in [0.2, 0.25) is 0 Å². The Hall–Kier alpha value is -0.860. The van der Waals surface area contributed by atoms with E-state index in [-0.39, 0.29) is 11.9 Å². The summed E-state index contributed by atoms with van der Waals surface area (Å²) in [6.45, 7) is 22.6. The Labute approximate surface area is 214 Å². The van der Waals surface area contributed by atoms with Crippen molar-refractivity contribution in [2.75, 3.05) is 7.11 Å². The third kappa shape index (κ3) is 18.5. The normalized spacial score (nSPS) is 16.7. The molecule has 0 spiro atoms. The van der Waals surface area contributed by atoms with Gasteiger partial charge in [0.05, 0.1) is 5.60 Å². The van der Waals surface area contributed by atoms with Crippen LogP contribution in [0.15, 0.2) is 34.9 Å². The van der Waals surface area contributed by atoms with Crippen molar-refractivity contribution in [3.05, 3.63) is 34.9 Å². The Bertz CT molecular complexity index is 603. The zero-order chi connectivity index (χ0) is 26.1. The maximum absolute atomic E-state index is 6.81. The Balaban J connectivity index is 5.14. The molecule has 0 rings (SSSR count). The molecule has 2 nitrogen and oxygen atoms in total. The number of hydrogen-bond donors (Lipinski definition) is 0. The van der Waals surface area contributed by atoms with Crippen molar-refractivity contribution in [2.24, 2.45) is 17.8 Å². The summed E-state index contributed by atoms with van der Waals surface area (Å²) in [5, 5.41) is 0. The predicted molar refractivity (Wildman–Crippen MR) is 152 cm³/mol. The minimum absolute atomic E-state index is 0.127. The lowest BCUT2D eigenvalue weighted by molar-refractivity contribution is -0.209. The number of ether oxygens (including phenoxy) is 2. The van der Waals surface area contributed by atoms with Crippen molar-refractivity contribution in [1.29, 1.82) is 0 Å². The van der Waals surface area contributed by atoms with Crippen LogP contribution in [0.3, 0.4) is 0 Å². The Morgan fingerprint density at radius 2 is 1.12 bits per heavy atom. The second-order valence-electron chi connectivity index (χ2n) is 12.1. The van der Waals surface area contributed by atoms with Crippen LogP contribution in [0.1, 0.15) is 133 Å². The van der Waals surface area contributed by atoms with Gasteiger partial charge >= 0.3 is 0 Å². The van der Waals surface area contributed by atoms with E-state index in [1.54, 1.807) is 0 Å². The molecule has 5 atom stereocenters. The van der Waals surface area contributed by atoms with E-state index in [1.807, 2.05) is 7.11 Å². The zero-order valence-electron chi connectivity index (χ0n) is 24.9. The van der Waals surface area contributed by atoms with Gasteiger partial charge in [-0.1, -0.05) is 55.7 Å². The van der Waals surface area contributed by atoms with Gasteiger partial charge in [-0.15, -0.1) is 0 Å². The van der Waals surface area contributed by atoms with Gasteiger partial charge in [-0.25, -0.2) is 0 Å². The van der Waals surface area contributed by atoms with Gasteiger partial charge in [0.15, 0.2) is 6.29 Å². The van der Waals surface area contributed by atoms with Crippen LogP contribution in [0, 0.1) is 17.8 Å². The molecule has 0 aromatic carbocycles. The lowest BCUT2D eigenvalue weighted by Gasteiger charge is -2.37. The Morgan fingerprint density at radius 1 is 0.676 bits per heavy atom. The van der Waals surface area contributed by atoms with Crippen molar-refractivity contribution in [2.45, 2.75) is 145 Å². The molecule has 0 aromatic heterocycles. The van der Waals surface area contributed by atoms with Crippen molar-refractivity contribution in [3.8, 4) is 0 Å². The Kier molecular flexibility index (Phi) is 17.9. The fourth-order valence-electron chi connectivity index (χ4n) is 4.67. The van der Waals surface area contributed by atoms with Gasteiger partial charge in [0.1, 0.15) is 0 Å². The fourth-order valence-corrected chi connectivity index (χ4v) is 4.67. The van der Waals surface area contributed by atoms with Gasteiger partial charge in [0, 0.05) is 13.5 Å². The molecule has 0 fully saturated rings. The molecule has 34 heavy (non-hydrogen) atoms. The molecule has 0 saturated carbocycles. The predicted octanol–water partition coefficient (Wildman–Crippen LogP) is 10.4. The van der Waals surface area contributed by atoms with E-state index < -0.39 is 0 Å². The fraction of sp³-hybridized carbons (Fsp3) is 0.812. The van der Waals surface area contributed by atoms with E-state index in [9.17, 15) is 0 Å². The van der Waals surface area contributed by atoms with Crippen molar-refractivity contribution in [3.63, 3.8) is 0 Å². The summed E-state index contributed by atoms with van der Waals surface area (Å²) in [5.74, 6) is 1.93. The monoisotopic (exact) mass is 476 g/mol. The highest BCUT2D eigenvalue weighted by molar-refractivity contribution is 4.94. The number of rotatable bonds is 19. The topological polar surface area (TPSA) is 18.5 Å². The number of hydrogen-bond acceptors (Lipinski definition) is 2. The third-order valence-electron chi connectivity index (χ3n) is 6.86. The highest BCUT2D eigenvalue weighted by Gasteiger charge is 2.31. The van der Waals surface area contributed by atoms with Crippen LogP contribution in [-0.4, -0.2) is 19.0 Å². The summed E-state index contributed by atoms with van der Waals surface area (Å²) in [7, 11) is 1.81. The molecule has 0 aliphatic rings. The molecule has 0 radical (unpaired) electrons. The molecule has 2 heteroatoms. The molecular weight excluding hydrogens is 416 g/mol. The first-order valence-electron chi connectivity index (χ1n) is 14.0. The summed E-state index contributed by atoms with van der Waals surface area (Å²) in [6.07, 6.45) is 18.5. The number of allylic oxidation sites excluding steroid dienone is 6. The molecule has 0 aromatic rings. The average molecular weight is 477 g/mol. The smallest absolute Gasteiger partial charge is 0.158 e. The largest absolute Gasteiger partial charge is 0.356 e. The van der Waals surface area contributed by atoms with Crippen LogP contribution in [0.4, 0.5) is 0 Å². The minimum Gasteiger partial charge on any atom is -0.356 e. The van der Waals surface area contributed by atoms with Crippen LogP contribution < -0.4 is 0 Å². The lowest BCUT2D eigenvalue weighted by Crippen LogP contribution is -2.37. The summed E-state index contributed by atoms with van der Waals surface area (Å²) in [5.41, 5.74) is 4.10. The van der Waals surface area contributed by atoms with Crippen LogP contribution in [-0.2, 0) is 9.47 Å². The second-order valence-corrected chi connectivity index (χ2v) is 12.1. The Morgan fingerprint density at radius 3 is 1.56 bits per heavy atom. The molecule has 200 valence electrons. The second kappa shape index (κ2) is 18.4. The van der Waals surface area contributed by atoms with Crippen LogP contribution in [0.5, 0.6) is 0 Å². The van der Waals surface area contributed by atoms with Gasteiger partial charge in [-0.3, -0.25) is 0 Å². The molecule has 0 N–H and O–H groups in total. The third-order valence-corrected chi connectivity index (χ3v) is 6.86. The summed E-state index contributed by atoms with van der Waals surface area (Å²) in [6, 6.07) is 0. The molecular formula is C32H60O2. The van der Waals surface area contributed by atoms with E-state index in [2.05, 4.69) is 87.5 Å². The highest BCUT2D eigenvalue weighted by atomic mass is 16.7. The van der Waals surface area contributed by atoms with E-state index in [1.165, 1.54) is 48.8 Å². The SMILES string of the molecule is COC(CC(C)CCC=C(C)C)OC(C)(CCC(C)CCC=C(C)C)CC(C)CCC=C(C)C. The molecule has 0 saturated heterocycles. The maximum atomic E-state index is 6.81. The van der Waals surface area contributed by atoms with Gasteiger partial charge < -0.3 is 9.47 Å². The summed E-state index contributed by atoms with van der Waals surface area (Å²) < 4.78 is 12.7. The van der Waals surface area contributed by atoms with Crippen molar-refractivity contribution >= 4 is 0 Å². The minimum atomic E-state index is -0.143. The maximum Gasteiger partial charge on any atom is 0.158 e. The summed E-state index contributed by atoms with van der Waals surface area (Å²) in [4.78, 5) is 0. The van der Waals surface area contributed by atoms with Gasteiger partial charge in [-0.2, -0.15) is 0 Å². The van der Waals surface area contributed by atoms with E-state index in [0.29, 0.717) is 17.8 Å². The van der Waals surface area contributed by atoms with Crippen LogP contribution in [0.25, 0.3) is 0 Å². The quantitative estimate of drug-likeness (QED) is 0.136. The molecule has 0 amide bonds. The highest BCUT2D eigenvalue weighted by Crippen LogP contribution is 2.33. The van der Waals surface area contributed by atoms with Crippen LogP contribution >= 0.6 is 0 Å². The van der Waals surface area contributed by atoms with Crippen molar-refractivity contribution < 1.29 is 9.47 Å². The first-order valence-corrected chi connectivity index (χ1v) is 14.0. The van der Waals surface area contributed by atoms with Gasteiger partial charge in [0.25, 0.3) is 0 Å². The van der Waals surface area contributed by atoms with Gasteiger partial charge in [0.2, 0.25) is 0 Å². The first kappa shape index (κ1) is 33.1. The standard InChI is InChI=1S/C32H60O2/c1-25(2)15-12-18-28(7)21-22-32(10,24-30(9)20-14-17-27(5)6)34-31(33-11)23-29(8)19-13-16-26(3)4/h15-17,28-31H,12-14,18-24H2,1-11H3. The first-order chi connectivity index (χ1) is 15.9. The van der Waals surface area contributed by atoms with E-state index in [4.69, 9.17) is 9.47 Å². The van der Waals surface area contributed by atoms with E-state index in [0.717, 1.165) is 32.1 Å². The molecule has 0 bridgehead atoms. The average Bonchev–Trinajstić information content (AvgIpc) is 2.71. The molecule has 0 heterocycles. The lowest BCUT2D eigenvalue weighted by atomic mass is 9.84. The van der Waals surface area contributed by atoms with Gasteiger partial charge in [-0.05, 0) is 124 Å².